The molecule has 0 saturated heterocycles. The van der Waals surface area contributed by atoms with Crippen LogP contribution in [0.15, 0.2) is 40.5 Å². The summed E-state index contributed by atoms with van der Waals surface area (Å²) in [5.74, 6) is 0.710. The molecular formula is C17H24N6O2S. The van der Waals surface area contributed by atoms with E-state index in [0.717, 1.165) is 6.54 Å². The van der Waals surface area contributed by atoms with Crippen molar-refractivity contribution in [1.82, 2.24) is 20.4 Å². The van der Waals surface area contributed by atoms with Gasteiger partial charge in [-0.3, -0.25) is 14.8 Å². The van der Waals surface area contributed by atoms with Crippen LogP contribution in [0.2, 0.25) is 0 Å². The number of aromatic nitrogens is 2. The molecule has 0 fully saturated rings. The SMILES string of the molecule is CCNC(=NCc1ccc(C)cc1SC)NCCn1cc([N+](=O)[O-])cn1. The maximum absolute atomic E-state index is 10.7. The minimum atomic E-state index is -0.451. The van der Waals surface area contributed by atoms with E-state index in [1.807, 2.05) is 6.92 Å². The number of nitrogens with zero attached hydrogens (tertiary/aromatic N) is 4. The van der Waals surface area contributed by atoms with Crippen LogP contribution >= 0.6 is 11.8 Å². The normalized spacial score (nSPS) is 11.4. The molecule has 2 N–H and O–H groups in total. The van der Waals surface area contributed by atoms with E-state index in [9.17, 15) is 10.1 Å². The van der Waals surface area contributed by atoms with Crippen LogP contribution in [-0.2, 0) is 13.1 Å². The second kappa shape index (κ2) is 9.81. The maximum atomic E-state index is 10.7. The molecule has 0 aliphatic rings. The van der Waals surface area contributed by atoms with Crippen molar-refractivity contribution in [1.29, 1.82) is 0 Å². The zero-order valence-electron chi connectivity index (χ0n) is 15.2. The molecule has 0 aliphatic heterocycles. The largest absolute Gasteiger partial charge is 0.357 e. The molecule has 1 aromatic carbocycles. The van der Waals surface area contributed by atoms with E-state index in [1.165, 1.54) is 28.4 Å². The van der Waals surface area contributed by atoms with Gasteiger partial charge in [0.15, 0.2) is 5.96 Å². The zero-order valence-corrected chi connectivity index (χ0v) is 16.0. The van der Waals surface area contributed by atoms with E-state index in [2.05, 4.69) is 52.1 Å². The van der Waals surface area contributed by atoms with Gasteiger partial charge in [0.1, 0.15) is 12.4 Å². The minimum absolute atomic E-state index is 0.00506. The molecule has 0 aliphatic carbocycles. The number of nitrogens with one attached hydrogen (secondary N) is 2. The molecule has 0 bridgehead atoms. The van der Waals surface area contributed by atoms with Crippen molar-refractivity contribution in [2.24, 2.45) is 4.99 Å². The Bertz CT molecular complexity index is 774. The first kappa shape index (κ1) is 19.8. The van der Waals surface area contributed by atoms with Gasteiger partial charge in [-0.2, -0.15) is 5.10 Å². The van der Waals surface area contributed by atoms with Crippen molar-refractivity contribution in [2.75, 3.05) is 19.3 Å². The number of nitro groups is 1. The van der Waals surface area contributed by atoms with Gasteiger partial charge in [-0.1, -0.05) is 12.1 Å². The Kier molecular flexibility index (Phi) is 7.46. The molecule has 0 spiro atoms. The van der Waals surface area contributed by atoms with Crippen LogP contribution in [-0.4, -0.2) is 40.0 Å². The van der Waals surface area contributed by atoms with Gasteiger partial charge in [0, 0.05) is 18.0 Å². The average Bonchev–Trinajstić information content (AvgIpc) is 3.09. The third kappa shape index (κ3) is 5.76. The summed E-state index contributed by atoms with van der Waals surface area (Å²) in [7, 11) is 0. The summed E-state index contributed by atoms with van der Waals surface area (Å²) in [5.41, 5.74) is 2.41. The number of aliphatic imine (C=N–C) groups is 1. The maximum Gasteiger partial charge on any atom is 0.306 e. The van der Waals surface area contributed by atoms with Crippen molar-refractivity contribution in [3.05, 3.63) is 51.8 Å². The lowest BCUT2D eigenvalue weighted by Crippen LogP contribution is -2.38. The molecule has 1 aromatic heterocycles. The summed E-state index contributed by atoms with van der Waals surface area (Å²) in [6.45, 7) is 6.50. The van der Waals surface area contributed by atoms with Crippen LogP contribution < -0.4 is 10.6 Å². The van der Waals surface area contributed by atoms with Crippen LogP contribution in [0.3, 0.4) is 0 Å². The highest BCUT2D eigenvalue weighted by Gasteiger charge is 2.08. The van der Waals surface area contributed by atoms with Crippen molar-refractivity contribution in [3.63, 3.8) is 0 Å². The van der Waals surface area contributed by atoms with Gasteiger partial charge in [0.2, 0.25) is 0 Å². The highest BCUT2D eigenvalue weighted by atomic mass is 32.2. The van der Waals surface area contributed by atoms with Crippen LogP contribution in [0.1, 0.15) is 18.1 Å². The lowest BCUT2D eigenvalue weighted by molar-refractivity contribution is -0.385. The first-order valence-electron chi connectivity index (χ1n) is 8.36. The Morgan fingerprint density at radius 3 is 2.88 bits per heavy atom. The molecule has 0 amide bonds. The Labute approximate surface area is 157 Å². The van der Waals surface area contributed by atoms with Gasteiger partial charge in [-0.25, -0.2) is 4.99 Å². The third-order valence-corrected chi connectivity index (χ3v) is 4.48. The summed E-state index contributed by atoms with van der Waals surface area (Å²) in [6, 6.07) is 6.37. The fraction of sp³-hybridized carbons (Fsp3) is 0.412. The van der Waals surface area contributed by atoms with Crippen molar-refractivity contribution in [3.8, 4) is 0 Å². The minimum Gasteiger partial charge on any atom is -0.357 e. The first-order valence-corrected chi connectivity index (χ1v) is 9.58. The molecule has 140 valence electrons. The topological polar surface area (TPSA) is 97.4 Å². The first-order chi connectivity index (χ1) is 12.5. The summed E-state index contributed by atoms with van der Waals surface area (Å²) >= 11 is 1.72. The third-order valence-electron chi connectivity index (χ3n) is 3.66. The Morgan fingerprint density at radius 2 is 2.23 bits per heavy atom. The quantitative estimate of drug-likeness (QED) is 0.242. The molecule has 9 heteroatoms. The van der Waals surface area contributed by atoms with Gasteiger partial charge in [0.05, 0.1) is 18.0 Å². The molecular weight excluding hydrogens is 352 g/mol. The second-order valence-corrected chi connectivity index (χ2v) is 6.50. The molecule has 8 nitrogen and oxygen atoms in total. The summed E-state index contributed by atoms with van der Waals surface area (Å²) in [5, 5.41) is 21.1. The highest BCUT2D eigenvalue weighted by Crippen LogP contribution is 2.22. The summed E-state index contributed by atoms with van der Waals surface area (Å²) in [6.07, 6.45) is 4.73. The van der Waals surface area contributed by atoms with Crippen LogP contribution in [0, 0.1) is 17.0 Å². The molecule has 0 atom stereocenters. The number of thioether (sulfide) groups is 1. The summed E-state index contributed by atoms with van der Waals surface area (Å²) < 4.78 is 1.54. The Balaban J connectivity index is 1.94. The van der Waals surface area contributed by atoms with E-state index in [1.54, 1.807) is 16.4 Å². The zero-order chi connectivity index (χ0) is 18.9. The molecule has 2 aromatic rings. The Morgan fingerprint density at radius 1 is 1.42 bits per heavy atom. The van der Waals surface area contributed by atoms with Gasteiger partial charge in [0.25, 0.3) is 0 Å². The number of hydrogen-bond donors (Lipinski definition) is 2. The standard InChI is InChI=1S/C17H24N6O2S/c1-4-18-17(19-7-8-22-12-15(11-21-22)23(24)25)20-10-14-6-5-13(2)9-16(14)26-3/h5-6,9,11-12H,4,7-8,10H2,1-3H3,(H2,18,19,20). The van der Waals surface area contributed by atoms with Gasteiger partial charge in [-0.15, -0.1) is 11.8 Å². The van der Waals surface area contributed by atoms with Crippen molar-refractivity contribution < 1.29 is 4.92 Å². The van der Waals surface area contributed by atoms with E-state index >= 15 is 0 Å². The van der Waals surface area contributed by atoms with E-state index in [-0.39, 0.29) is 5.69 Å². The van der Waals surface area contributed by atoms with Crippen molar-refractivity contribution in [2.45, 2.75) is 31.8 Å². The van der Waals surface area contributed by atoms with Gasteiger partial charge in [-0.05, 0) is 37.3 Å². The van der Waals surface area contributed by atoms with Gasteiger partial charge >= 0.3 is 5.69 Å². The van der Waals surface area contributed by atoms with Gasteiger partial charge < -0.3 is 10.6 Å². The van der Waals surface area contributed by atoms with E-state index < -0.39 is 4.92 Å². The van der Waals surface area contributed by atoms with E-state index in [4.69, 9.17) is 0 Å². The van der Waals surface area contributed by atoms with Crippen molar-refractivity contribution >= 4 is 23.4 Å². The highest BCUT2D eigenvalue weighted by molar-refractivity contribution is 7.98. The van der Waals surface area contributed by atoms with Crippen LogP contribution in [0.4, 0.5) is 5.69 Å². The number of guanidine groups is 1. The molecule has 1 heterocycles. The predicted octanol–water partition coefficient (Wildman–Crippen LogP) is 2.58. The molecule has 0 unspecified atom stereocenters. The Hall–Kier alpha value is -2.55. The predicted molar refractivity (Wildman–Crippen MR) is 105 cm³/mol. The smallest absolute Gasteiger partial charge is 0.306 e. The lowest BCUT2D eigenvalue weighted by atomic mass is 10.1. The molecule has 2 rings (SSSR count). The monoisotopic (exact) mass is 376 g/mol. The number of hydrogen-bond acceptors (Lipinski definition) is 5. The van der Waals surface area contributed by atoms with E-state index in [0.29, 0.717) is 25.6 Å². The lowest BCUT2D eigenvalue weighted by Gasteiger charge is -2.12. The fourth-order valence-electron chi connectivity index (χ4n) is 2.35. The number of aryl methyl sites for hydroxylation is 1. The summed E-state index contributed by atoms with van der Waals surface area (Å²) in [4.78, 5) is 16.1. The van der Waals surface area contributed by atoms with Crippen LogP contribution in [0.5, 0.6) is 0 Å². The average molecular weight is 376 g/mol. The van der Waals surface area contributed by atoms with Crippen LogP contribution in [0.25, 0.3) is 0 Å². The number of rotatable bonds is 8. The second-order valence-electron chi connectivity index (χ2n) is 5.66. The fourth-order valence-corrected chi connectivity index (χ4v) is 3.04. The number of benzene rings is 1. The molecule has 0 saturated carbocycles. The molecule has 0 radical (unpaired) electrons. The molecule has 26 heavy (non-hydrogen) atoms.